The summed E-state index contributed by atoms with van der Waals surface area (Å²) in [6.45, 7) is 9.13. The standard InChI is InChI=1S/2C19H24N2O/c2*22-19-16-6-2-4-14-3-1-5-15(18(14)16)11-21(19)17-12-20-9-7-13(17)8-10-20/h2*2,4,6,13,15,17H,1,3,5,7-12H2/t15-,17+;15-,17-/m01/s1. The Morgan fingerprint density at radius 2 is 0.955 bits per heavy atom. The molecule has 6 heteroatoms. The molecular weight excluding hydrogens is 544 g/mol. The molecule has 0 spiro atoms. The summed E-state index contributed by atoms with van der Waals surface area (Å²) < 4.78 is 0. The number of fused-ring (bicyclic) bond motifs is 6. The van der Waals surface area contributed by atoms with Gasteiger partial charge in [0.2, 0.25) is 0 Å². The molecule has 12 rings (SSSR count). The largest absolute Gasteiger partial charge is 0.333 e. The highest BCUT2D eigenvalue weighted by molar-refractivity contribution is 5.98. The van der Waals surface area contributed by atoms with Gasteiger partial charge < -0.3 is 19.6 Å². The molecule has 0 aromatic heterocycles. The molecule has 2 amide bonds. The van der Waals surface area contributed by atoms with Gasteiger partial charge in [-0.3, -0.25) is 9.59 Å². The Bertz CT molecular complexity index is 1350. The van der Waals surface area contributed by atoms with E-state index in [0.717, 1.165) is 62.0 Å². The highest BCUT2D eigenvalue weighted by Crippen LogP contribution is 2.43. The Hall–Kier alpha value is -2.70. The van der Waals surface area contributed by atoms with Crippen LogP contribution in [-0.4, -0.2) is 95.9 Å². The smallest absolute Gasteiger partial charge is 0.254 e. The van der Waals surface area contributed by atoms with Gasteiger partial charge in [-0.1, -0.05) is 24.3 Å². The highest BCUT2D eigenvalue weighted by atomic mass is 16.2. The van der Waals surface area contributed by atoms with Crippen LogP contribution in [0.1, 0.15) is 106 Å². The van der Waals surface area contributed by atoms with E-state index in [-0.39, 0.29) is 0 Å². The third kappa shape index (κ3) is 4.49. The number of hydrogen-bond acceptors (Lipinski definition) is 4. The zero-order valence-electron chi connectivity index (χ0n) is 26.3. The van der Waals surface area contributed by atoms with Crippen molar-refractivity contribution in [3.63, 3.8) is 0 Å². The lowest BCUT2D eigenvalue weighted by molar-refractivity contribution is 0.00237. The summed E-state index contributed by atoms with van der Waals surface area (Å²) in [4.78, 5) is 35.9. The molecule has 0 unspecified atom stereocenters. The molecule has 10 aliphatic rings. The third-order valence-corrected chi connectivity index (χ3v) is 13.1. The number of carbonyl (C=O) groups is 2. The van der Waals surface area contributed by atoms with E-state index < -0.39 is 0 Å². The van der Waals surface area contributed by atoms with Crippen LogP contribution in [0.3, 0.4) is 0 Å². The lowest BCUT2D eigenvalue weighted by atomic mass is 9.75. The molecule has 8 aliphatic heterocycles. The first kappa shape index (κ1) is 27.6. The van der Waals surface area contributed by atoms with Crippen molar-refractivity contribution in [2.75, 3.05) is 52.4 Å². The first-order chi connectivity index (χ1) is 21.6. The van der Waals surface area contributed by atoms with Crippen molar-refractivity contribution in [3.05, 3.63) is 69.8 Å². The summed E-state index contributed by atoms with van der Waals surface area (Å²) in [5.41, 5.74) is 7.72. The van der Waals surface area contributed by atoms with Crippen LogP contribution in [0.4, 0.5) is 0 Å². The van der Waals surface area contributed by atoms with Crippen LogP contribution in [0.5, 0.6) is 0 Å². The van der Waals surface area contributed by atoms with Crippen molar-refractivity contribution in [2.45, 2.75) is 88.1 Å². The van der Waals surface area contributed by atoms with E-state index in [0.29, 0.717) is 35.7 Å². The fourth-order valence-corrected chi connectivity index (χ4v) is 10.8. The molecule has 6 nitrogen and oxygen atoms in total. The van der Waals surface area contributed by atoms with E-state index >= 15 is 0 Å². The minimum absolute atomic E-state index is 0.314. The Balaban J connectivity index is 0.000000123. The van der Waals surface area contributed by atoms with E-state index in [1.807, 2.05) is 0 Å². The third-order valence-electron chi connectivity index (χ3n) is 13.1. The molecule has 232 valence electrons. The fraction of sp³-hybridized carbons (Fsp3) is 0.632. The molecule has 6 fully saturated rings. The first-order valence-corrected chi connectivity index (χ1v) is 17.9. The van der Waals surface area contributed by atoms with Crippen LogP contribution in [0.25, 0.3) is 0 Å². The predicted octanol–water partition coefficient (Wildman–Crippen LogP) is 5.31. The Morgan fingerprint density at radius 1 is 0.523 bits per heavy atom. The molecule has 44 heavy (non-hydrogen) atoms. The molecule has 4 atom stereocenters. The van der Waals surface area contributed by atoms with E-state index in [2.05, 4.69) is 56.0 Å². The van der Waals surface area contributed by atoms with Crippen molar-refractivity contribution in [1.29, 1.82) is 0 Å². The Kier molecular flexibility index (Phi) is 6.89. The zero-order chi connectivity index (χ0) is 29.4. The molecule has 8 heterocycles. The second-order valence-electron chi connectivity index (χ2n) is 15.3. The number of piperidine rings is 6. The van der Waals surface area contributed by atoms with Crippen LogP contribution in [0, 0.1) is 11.8 Å². The lowest BCUT2D eigenvalue weighted by Crippen LogP contribution is -2.60. The number of aryl methyl sites for hydroxylation is 2. The number of amides is 2. The summed E-state index contributed by atoms with van der Waals surface area (Å²) in [5.74, 6) is 3.29. The minimum Gasteiger partial charge on any atom is -0.333 e. The summed E-state index contributed by atoms with van der Waals surface area (Å²) in [6.07, 6.45) is 12.5. The highest BCUT2D eigenvalue weighted by Gasteiger charge is 2.45. The predicted molar refractivity (Wildman–Crippen MR) is 172 cm³/mol. The Labute approximate surface area is 262 Å². The number of hydrogen-bond donors (Lipinski definition) is 0. The van der Waals surface area contributed by atoms with Crippen LogP contribution >= 0.6 is 0 Å². The van der Waals surface area contributed by atoms with E-state index in [4.69, 9.17) is 0 Å². The Morgan fingerprint density at radius 3 is 1.34 bits per heavy atom. The van der Waals surface area contributed by atoms with E-state index in [9.17, 15) is 9.59 Å². The van der Waals surface area contributed by atoms with Gasteiger partial charge in [-0.15, -0.1) is 0 Å². The van der Waals surface area contributed by atoms with Gasteiger partial charge in [0, 0.05) is 61.2 Å². The van der Waals surface area contributed by atoms with Gasteiger partial charge in [0.25, 0.3) is 11.8 Å². The number of nitrogens with zero attached hydrogens (tertiary/aromatic N) is 4. The van der Waals surface area contributed by atoms with Gasteiger partial charge >= 0.3 is 0 Å². The second-order valence-corrected chi connectivity index (χ2v) is 15.3. The van der Waals surface area contributed by atoms with Gasteiger partial charge in [0.05, 0.1) is 0 Å². The average Bonchev–Trinajstić information content (AvgIpc) is 3.09. The monoisotopic (exact) mass is 592 g/mol. The molecule has 6 saturated heterocycles. The summed E-state index contributed by atoms with van der Waals surface area (Å²) >= 11 is 0. The fourth-order valence-electron chi connectivity index (χ4n) is 10.8. The van der Waals surface area contributed by atoms with Gasteiger partial charge in [-0.2, -0.15) is 0 Å². The molecule has 2 aromatic rings. The van der Waals surface area contributed by atoms with Crippen molar-refractivity contribution in [1.82, 2.24) is 19.6 Å². The number of rotatable bonds is 2. The van der Waals surface area contributed by atoms with Crippen LogP contribution in [0.2, 0.25) is 0 Å². The summed E-state index contributed by atoms with van der Waals surface area (Å²) in [6, 6.07) is 13.7. The van der Waals surface area contributed by atoms with Crippen molar-refractivity contribution in [3.8, 4) is 0 Å². The molecule has 0 N–H and O–H groups in total. The van der Waals surface area contributed by atoms with E-state index in [1.165, 1.54) is 99.8 Å². The quantitative estimate of drug-likeness (QED) is 0.474. The summed E-state index contributed by atoms with van der Waals surface area (Å²) in [7, 11) is 0. The van der Waals surface area contributed by atoms with E-state index in [1.54, 1.807) is 0 Å². The molecule has 2 aliphatic carbocycles. The normalized spacial score (nSPS) is 36.4. The second kappa shape index (κ2) is 11.0. The number of carbonyl (C=O) groups excluding carboxylic acids is 2. The molecule has 0 radical (unpaired) electrons. The topological polar surface area (TPSA) is 47.1 Å². The SMILES string of the molecule is O=C1c2cccc3c2[C@@H](CCC3)CN1[C@@H]1CN2CCC1CC2.O=C1c2cccc3c2[C@H](CCC3)CN1[C@@H]1CN2CCC1CC2. The first-order valence-electron chi connectivity index (χ1n) is 17.9. The van der Waals surface area contributed by atoms with Crippen LogP contribution in [-0.2, 0) is 12.8 Å². The molecule has 2 aromatic carbocycles. The van der Waals surface area contributed by atoms with Crippen molar-refractivity contribution >= 4 is 11.8 Å². The lowest BCUT2D eigenvalue weighted by Gasteiger charge is -2.51. The van der Waals surface area contributed by atoms with Crippen LogP contribution < -0.4 is 0 Å². The minimum atomic E-state index is 0.314. The molecule has 4 bridgehead atoms. The number of benzene rings is 2. The van der Waals surface area contributed by atoms with Gasteiger partial charge in [-0.25, -0.2) is 0 Å². The maximum Gasteiger partial charge on any atom is 0.254 e. The zero-order valence-corrected chi connectivity index (χ0v) is 26.3. The maximum absolute atomic E-state index is 13.1. The molecular formula is C38H48N4O2. The van der Waals surface area contributed by atoms with Gasteiger partial charge in [0.15, 0.2) is 0 Å². The van der Waals surface area contributed by atoms with Crippen molar-refractivity contribution < 1.29 is 9.59 Å². The van der Waals surface area contributed by atoms with Gasteiger partial charge in [0.1, 0.15) is 0 Å². The molecule has 0 saturated carbocycles. The summed E-state index contributed by atoms with van der Waals surface area (Å²) in [5, 5.41) is 0. The van der Waals surface area contributed by atoms with Crippen LogP contribution in [0.15, 0.2) is 36.4 Å². The average molecular weight is 593 g/mol. The van der Waals surface area contributed by atoms with Crippen molar-refractivity contribution in [2.24, 2.45) is 11.8 Å². The maximum atomic E-state index is 13.1. The van der Waals surface area contributed by atoms with Gasteiger partial charge in [-0.05, 0) is 137 Å².